The van der Waals surface area contributed by atoms with E-state index in [1.165, 1.54) is 0 Å². The van der Waals surface area contributed by atoms with E-state index in [0.717, 1.165) is 22.4 Å². The second-order valence-corrected chi connectivity index (χ2v) is 7.15. The number of hydrogen-bond acceptors (Lipinski definition) is 5. The van der Waals surface area contributed by atoms with Crippen LogP contribution in [0.2, 0.25) is 0 Å². The van der Waals surface area contributed by atoms with E-state index in [1.54, 1.807) is 14.2 Å². The molecular formula is C25H28N2O4. The summed E-state index contributed by atoms with van der Waals surface area (Å²) in [6, 6.07) is 22.8. The van der Waals surface area contributed by atoms with Crippen molar-refractivity contribution in [3.8, 4) is 17.2 Å². The lowest BCUT2D eigenvalue weighted by atomic mass is 10.1. The van der Waals surface area contributed by atoms with Gasteiger partial charge in [0, 0.05) is 6.54 Å². The van der Waals surface area contributed by atoms with Crippen molar-refractivity contribution >= 4 is 5.91 Å². The molecule has 3 rings (SSSR count). The highest BCUT2D eigenvalue weighted by atomic mass is 16.5. The smallest absolute Gasteiger partial charge is 0.234 e. The number of hydrogen-bond donors (Lipinski definition) is 2. The zero-order valence-electron chi connectivity index (χ0n) is 17.8. The molecule has 3 aromatic carbocycles. The van der Waals surface area contributed by atoms with Crippen molar-refractivity contribution < 1.29 is 19.0 Å². The molecular weight excluding hydrogens is 392 g/mol. The number of methoxy groups -OCH3 is 2. The fourth-order valence-electron chi connectivity index (χ4n) is 3.23. The van der Waals surface area contributed by atoms with Crippen molar-refractivity contribution in [2.45, 2.75) is 25.6 Å². The highest BCUT2D eigenvalue weighted by Gasteiger charge is 2.16. The molecule has 6 nitrogen and oxygen atoms in total. The maximum atomic E-state index is 11.9. The average molecular weight is 421 g/mol. The summed E-state index contributed by atoms with van der Waals surface area (Å²) in [5.41, 5.74) is 8.60. The fourth-order valence-corrected chi connectivity index (χ4v) is 3.23. The van der Waals surface area contributed by atoms with Crippen LogP contribution in [-0.4, -0.2) is 26.2 Å². The monoisotopic (exact) mass is 420 g/mol. The summed E-state index contributed by atoms with van der Waals surface area (Å²) in [4.78, 5) is 11.9. The molecule has 6 heteroatoms. The summed E-state index contributed by atoms with van der Waals surface area (Å²) < 4.78 is 16.7. The molecule has 0 saturated heterocycles. The maximum Gasteiger partial charge on any atom is 0.234 e. The molecule has 0 aromatic heterocycles. The Morgan fingerprint density at radius 2 is 1.65 bits per heavy atom. The first kappa shape index (κ1) is 22.2. The number of primary amides is 1. The van der Waals surface area contributed by atoms with Crippen molar-refractivity contribution in [3.05, 3.63) is 89.5 Å². The van der Waals surface area contributed by atoms with E-state index < -0.39 is 6.04 Å². The van der Waals surface area contributed by atoms with Gasteiger partial charge in [0.25, 0.3) is 0 Å². The lowest BCUT2D eigenvalue weighted by Gasteiger charge is -2.17. The zero-order chi connectivity index (χ0) is 22.1. The van der Waals surface area contributed by atoms with E-state index >= 15 is 0 Å². The molecule has 3 N–H and O–H groups in total. The van der Waals surface area contributed by atoms with Gasteiger partial charge in [0.15, 0.2) is 11.5 Å². The Balaban J connectivity index is 1.62. The number of carbonyl (C=O) groups is 1. The van der Waals surface area contributed by atoms with Crippen molar-refractivity contribution in [1.29, 1.82) is 0 Å². The molecule has 0 heterocycles. The van der Waals surface area contributed by atoms with Crippen LogP contribution in [0.1, 0.15) is 16.7 Å². The molecule has 1 unspecified atom stereocenters. The standard InChI is InChI=1S/C25H28N2O4/c1-29-21-10-6-9-20(13-21)17-31-23-12-11-19(15-24(23)30-2)16-27-22(25(26)28)14-18-7-4-3-5-8-18/h3-13,15,22,27H,14,16-17H2,1-2H3,(H2,26,28). The van der Waals surface area contributed by atoms with Gasteiger partial charge in [0.05, 0.1) is 20.3 Å². The number of carbonyl (C=O) groups excluding carboxylic acids is 1. The summed E-state index contributed by atoms with van der Waals surface area (Å²) in [6.45, 7) is 0.874. The lowest BCUT2D eigenvalue weighted by molar-refractivity contribution is -0.120. The first-order valence-corrected chi connectivity index (χ1v) is 10.1. The number of rotatable bonds is 11. The second kappa shape index (κ2) is 11.0. The zero-order valence-corrected chi connectivity index (χ0v) is 17.8. The van der Waals surface area contributed by atoms with Crippen LogP contribution < -0.4 is 25.3 Å². The summed E-state index contributed by atoms with van der Waals surface area (Å²) >= 11 is 0. The quantitative estimate of drug-likeness (QED) is 0.496. The molecule has 0 aliphatic carbocycles. The third-order valence-corrected chi connectivity index (χ3v) is 4.94. The molecule has 0 aliphatic rings. The van der Waals surface area contributed by atoms with Gasteiger partial charge in [-0.25, -0.2) is 0 Å². The first-order chi connectivity index (χ1) is 15.1. The normalized spacial score (nSPS) is 11.5. The Kier molecular flexibility index (Phi) is 7.90. The highest BCUT2D eigenvalue weighted by molar-refractivity contribution is 5.80. The third kappa shape index (κ3) is 6.49. The number of benzene rings is 3. The number of nitrogens with one attached hydrogen (secondary N) is 1. The maximum absolute atomic E-state index is 11.9. The van der Waals surface area contributed by atoms with Crippen LogP contribution in [-0.2, 0) is 24.4 Å². The van der Waals surface area contributed by atoms with Crippen molar-refractivity contribution in [2.24, 2.45) is 5.73 Å². The predicted octanol–water partition coefficient (Wildman–Crippen LogP) is 3.47. The summed E-state index contributed by atoms with van der Waals surface area (Å²) in [5.74, 6) is 1.67. The predicted molar refractivity (Wildman–Crippen MR) is 120 cm³/mol. The molecule has 31 heavy (non-hydrogen) atoms. The SMILES string of the molecule is COc1cccc(COc2ccc(CNC(Cc3ccccc3)C(N)=O)cc2OC)c1. The van der Waals surface area contributed by atoms with Crippen LogP contribution in [0.25, 0.3) is 0 Å². The van der Waals surface area contributed by atoms with E-state index in [9.17, 15) is 4.79 Å². The minimum atomic E-state index is -0.461. The first-order valence-electron chi connectivity index (χ1n) is 10.1. The molecule has 0 saturated carbocycles. The molecule has 0 aliphatic heterocycles. The molecule has 0 spiro atoms. The molecule has 0 bridgehead atoms. The molecule has 0 radical (unpaired) electrons. The van der Waals surface area contributed by atoms with Crippen LogP contribution in [0.3, 0.4) is 0 Å². The van der Waals surface area contributed by atoms with Crippen molar-refractivity contribution in [3.63, 3.8) is 0 Å². The molecule has 1 atom stereocenters. The topological polar surface area (TPSA) is 82.8 Å². The fraction of sp³-hybridized carbons (Fsp3) is 0.240. The highest BCUT2D eigenvalue weighted by Crippen LogP contribution is 2.29. The van der Waals surface area contributed by atoms with Crippen molar-refractivity contribution in [1.82, 2.24) is 5.32 Å². The summed E-state index contributed by atoms with van der Waals surface area (Å²) in [6.07, 6.45) is 0.537. The van der Waals surface area contributed by atoms with Crippen LogP contribution in [0, 0.1) is 0 Å². The molecule has 1 amide bonds. The Morgan fingerprint density at radius 3 is 2.35 bits per heavy atom. The van der Waals surface area contributed by atoms with Gasteiger partial charge in [-0.2, -0.15) is 0 Å². The second-order valence-electron chi connectivity index (χ2n) is 7.15. The van der Waals surface area contributed by atoms with Gasteiger partial charge in [0.1, 0.15) is 12.4 Å². The van der Waals surface area contributed by atoms with Crippen LogP contribution in [0.4, 0.5) is 0 Å². The average Bonchev–Trinajstić information content (AvgIpc) is 2.81. The van der Waals surface area contributed by atoms with Gasteiger partial charge < -0.3 is 25.3 Å². The number of nitrogens with two attached hydrogens (primary N) is 1. The lowest BCUT2D eigenvalue weighted by Crippen LogP contribution is -2.42. The van der Waals surface area contributed by atoms with E-state index in [-0.39, 0.29) is 5.91 Å². The van der Waals surface area contributed by atoms with Gasteiger partial charge >= 0.3 is 0 Å². The largest absolute Gasteiger partial charge is 0.497 e. The van der Waals surface area contributed by atoms with Crippen LogP contribution in [0.5, 0.6) is 17.2 Å². The summed E-state index contributed by atoms with van der Waals surface area (Å²) in [5, 5.41) is 3.24. The van der Waals surface area contributed by atoms with E-state index in [0.29, 0.717) is 31.1 Å². The van der Waals surface area contributed by atoms with Gasteiger partial charge in [-0.15, -0.1) is 0 Å². The minimum Gasteiger partial charge on any atom is -0.497 e. The Bertz CT molecular complexity index is 992. The Labute approximate surface area is 182 Å². The Hall–Kier alpha value is -3.51. The van der Waals surface area contributed by atoms with Gasteiger partial charge in [-0.1, -0.05) is 48.5 Å². The number of ether oxygens (including phenoxy) is 3. The van der Waals surface area contributed by atoms with Crippen molar-refractivity contribution in [2.75, 3.05) is 14.2 Å². The summed E-state index contributed by atoms with van der Waals surface area (Å²) in [7, 11) is 3.24. The molecule has 3 aromatic rings. The van der Waals surface area contributed by atoms with Gasteiger partial charge in [0.2, 0.25) is 5.91 Å². The van der Waals surface area contributed by atoms with E-state index in [4.69, 9.17) is 19.9 Å². The van der Waals surface area contributed by atoms with E-state index in [1.807, 2.05) is 72.8 Å². The Morgan fingerprint density at radius 1 is 0.871 bits per heavy atom. The minimum absolute atomic E-state index is 0.380. The third-order valence-electron chi connectivity index (χ3n) is 4.94. The molecule has 0 fully saturated rings. The number of amides is 1. The van der Waals surface area contributed by atoms with Crippen LogP contribution >= 0.6 is 0 Å². The van der Waals surface area contributed by atoms with Gasteiger partial charge in [-0.3, -0.25) is 4.79 Å². The van der Waals surface area contributed by atoms with E-state index in [2.05, 4.69) is 5.32 Å². The molecule has 162 valence electrons. The van der Waals surface area contributed by atoms with Crippen LogP contribution in [0.15, 0.2) is 72.8 Å². The van der Waals surface area contributed by atoms with Gasteiger partial charge in [-0.05, 0) is 47.4 Å².